The molecule has 0 saturated heterocycles. The molecule has 0 radical (unpaired) electrons. The molecule has 2 rings (SSSR count). The molecule has 6 heteroatoms. The highest BCUT2D eigenvalue weighted by Crippen LogP contribution is 2.37. The molecule has 1 atom stereocenters. The molecular formula is C14H19F3N2S. The summed E-state index contributed by atoms with van der Waals surface area (Å²) in [5.41, 5.74) is 2.43. The molecule has 1 aromatic carbocycles. The van der Waals surface area contributed by atoms with Crippen molar-refractivity contribution in [1.82, 2.24) is 5.32 Å². The van der Waals surface area contributed by atoms with Gasteiger partial charge in [0.05, 0.1) is 0 Å². The summed E-state index contributed by atoms with van der Waals surface area (Å²) in [6.45, 7) is 1.35. The first kappa shape index (κ1) is 15.7. The average Bonchev–Trinajstić information content (AvgIpc) is 3.18. The van der Waals surface area contributed by atoms with E-state index in [9.17, 15) is 13.2 Å². The van der Waals surface area contributed by atoms with Gasteiger partial charge in [0.1, 0.15) is 0 Å². The SMILES string of the molecule is NCC(NCCC1CC1)c1ccc(SC(F)(F)F)cc1. The van der Waals surface area contributed by atoms with Crippen LogP contribution in [0.5, 0.6) is 0 Å². The van der Waals surface area contributed by atoms with Crippen LogP contribution in [-0.2, 0) is 0 Å². The number of hydrogen-bond donors (Lipinski definition) is 2. The molecule has 2 nitrogen and oxygen atoms in total. The number of alkyl halides is 3. The van der Waals surface area contributed by atoms with Gasteiger partial charge in [-0.05, 0) is 48.3 Å². The van der Waals surface area contributed by atoms with Crippen molar-refractivity contribution in [2.24, 2.45) is 11.7 Å². The molecule has 0 amide bonds. The number of hydrogen-bond acceptors (Lipinski definition) is 3. The first-order chi connectivity index (χ1) is 9.48. The molecule has 3 N–H and O–H groups in total. The standard InChI is InChI=1S/C14H19F3N2S/c15-14(16,17)20-12-5-3-11(4-6-12)13(9-18)19-8-7-10-1-2-10/h3-6,10,13,19H,1-2,7-9,18H2. The van der Waals surface area contributed by atoms with E-state index in [1.165, 1.54) is 25.0 Å². The lowest BCUT2D eigenvalue weighted by Gasteiger charge is -2.17. The summed E-state index contributed by atoms with van der Waals surface area (Å²) >= 11 is -0.0929. The predicted molar refractivity (Wildman–Crippen MR) is 75.5 cm³/mol. The van der Waals surface area contributed by atoms with Crippen molar-refractivity contribution in [3.05, 3.63) is 29.8 Å². The van der Waals surface area contributed by atoms with Crippen molar-refractivity contribution < 1.29 is 13.2 Å². The summed E-state index contributed by atoms with van der Waals surface area (Å²) in [6, 6.07) is 6.45. The summed E-state index contributed by atoms with van der Waals surface area (Å²) in [4.78, 5) is 0.204. The highest BCUT2D eigenvalue weighted by atomic mass is 32.2. The smallest absolute Gasteiger partial charge is 0.329 e. The summed E-state index contributed by atoms with van der Waals surface area (Å²) in [6.07, 6.45) is 3.79. The van der Waals surface area contributed by atoms with Crippen LogP contribution < -0.4 is 11.1 Å². The van der Waals surface area contributed by atoms with E-state index in [1.807, 2.05) is 0 Å². The maximum absolute atomic E-state index is 12.2. The summed E-state index contributed by atoms with van der Waals surface area (Å²) in [5, 5.41) is 3.37. The minimum Gasteiger partial charge on any atom is -0.329 e. The first-order valence-electron chi connectivity index (χ1n) is 6.77. The van der Waals surface area contributed by atoms with Gasteiger partial charge in [-0.15, -0.1) is 0 Å². The Labute approximate surface area is 121 Å². The van der Waals surface area contributed by atoms with Crippen molar-refractivity contribution >= 4 is 11.8 Å². The van der Waals surface area contributed by atoms with Gasteiger partial charge in [0.2, 0.25) is 0 Å². The Bertz CT molecular complexity index is 415. The zero-order valence-corrected chi connectivity index (χ0v) is 11.9. The average molecular weight is 304 g/mol. The van der Waals surface area contributed by atoms with E-state index in [4.69, 9.17) is 5.73 Å². The van der Waals surface area contributed by atoms with Gasteiger partial charge >= 0.3 is 5.51 Å². The third-order valence-corrected chi connectivity index (χ3v) is 4.13. The summed E-state index contributed by atoms with van der Waals surface area (Å²) < 4.78 is 36.7. The van der Waals surface area contributed by atoms with E-state index in [1.54, 1.807) is 12.1 Å². The van der Waals surface area contributed by atoms with Crippen molar-refractivity contribution in [1.29, 1.82) is 0 Å². The minimum absolute atomic E-state index is 0.0127. The monoisotopic (exact) mass is 304 g/mol. The lowest BCUT2D eigenvalue weighted by Crippen LogP contribution is -2.29. The third-order valence-electron chi connectivity index (χ3n) is 3.39. The molecule has 20 heavy (non-hydrogen) atoms. The first-order valence-corrected chi connectivity index (χ1v) is 7.59. The summed E-state index contributed by atoms with van der Waals surface area (Å²) in [5.74, 6) is 0.853. The van der Waals surface area contributed by atoms with E-state index < -0.39 is 5.51 Å². The normalized spacial score (nSPS) is 17.2. The van der Waals surface area contributed by atoms with Crippen molar-refractivity contribution in [2.45, 2.75) is 35.7 Å². The van der Waals surface area contributed by atoms with Crippen LogP contribution in [-0.4, -0.2) is 18.6 Å². The molecule has 1 aromatic rings. The van der Waals surface area contributed by atoms with Gasteiger partial charge < -0.3 is 11.1 Å². The quantitative estimate of drug-likeness (QED) is 0.755. The lowest BCUT2D eigenvalue weighted by atomic mass is 10.1. The minimum atomic E-state index is -4.24. The fourth-order valence-corrected chi connectivity index (χ4v) is 2.65. The van der Waals surface area contributed by atoms with Crippen molar-refractivity contribution in [3.63, 3.8) is 0 Å². The molecule has 0 aromatic heterocycles. The van der Waals surface area contributed by atoms with E-state index in [-0.39, 0.29) is 22.7 Å². The van der Waals surface area contributed by atoms with Crippen LogP contribution >= 0.6 is 11.8 Å². The lowest BCUT2D eigenvalue weighted by molar-refractivity contribution is -0.0328. The zero-order valence-electron chi connectivity index (χ0n) is 11.1. The molecule has 0 bridgehead atoms. The molecule has 1 fully saturated rings. The summed E-state index contributed by atoms with van der Waals surface area (Å²) in [7, 11) is 0. The van der Waals surface area contributed by atoms with E-state index >= 15 is 0 Å². The van der Waals surface area contributed by atoms with Gasteiger partial charge in [0, 0.05) is 17.5 Å². The Kier molecular flexibility index (Phi) is 5.35. The van der Waals surface area contributed by atoms with Crippen LogP contribution in [0.1, 0.15) is 30.9 Å². The Morgan fingerprint density at radius 2 is 1.90 bits per heavy atom. The van der Waals surface area contributed by atoms with E-state index in [0.717, 1.165) is 24.4 Å². The largest absolute Gasteiger partial charge is 0.446 e. The number of benzene rings is 1. The zero-order chi connectivity index (χ0) is 14.6. The Hall–Kier alpha value is -0.720. The maximum atomic E-state index is 12.2. The Balaban J connectivity index is 1.88. The van der Waals surface area contributed by atoms with Gasteiger partial charge in [-0.1, -0.05) is 25.0 Å². The molecule has 1 aliphatic rings. The van der Waals surface area contributed by atoms with Crippen LogP contribution in [0.3, 0.4) is 0 Å². The van der Waals surface area contributed by atoms with Crippen LogP contribution in [0.15, 0.2) is 29.2 Å². The van der Waals surface area contributed by atoms with Gasteiger partial charge in [-0.3, -0.25) is 0 Å². The highest BCUT2D eigenvalue weighted by Gasteiger charge is 2.29. The molecule has 1 aliphatic carbocycles. The number of rotatable bonds is 7. The van der Waals surface area contributed by atoms with Crippen LogP contribution in [0.4, 0.5) is 13.2 Å². The Morgan fingerprint density at radius 1 is 1.25 bits per heavy atom. The van der Waals surface area contributed by atoms with Gasteiger partial charge in [-0.25, -0.2) is 0 Å². The number of nitrogens with two attached hydrogens (primary N) is 1. The molecule has 1 unspecified atom stereocenters. The number of halogens is 3. The van der Waals surface area contributed by atoms with Crippen LogP contribution in [0.25, 0.3) is 0 Å². The van der Waals surface area contributed by atoms with E-state index in [2.05, 4.69) is 5.32 Å². The van der Waals surface area contributed by atoms with Gasteiger partial charge in [0.15, 0.2) is 0 Å². The van der Waals surface area contributed by atoms with Gasteiger partial charge in [0.25, 0.3) is 0 Å². The maximum Gasteiger partial charge on any atom is 0.446 e. The molecular weight excluding hydrogens is 285 g/mol. The van der Waals surface area contributed by atoms with Crippen LogP contribution in [0, 0.1) is 5.92 Å². The predicted octanol–water partition coefficient (Wildman–Crippen LogP) is 3.69. The topological polar surface area (TPSA) is 38.0 Å². The van der Waals surface area contributed by atoms with Crippen LogP contribution in [0.2, 0.25) is 0 Å². The third kappa shape index (κ3) is 5.34. The molecule has 0 aliphatic heterocycles. The number of nitrogens with one attached hydrogen (secondary N) is 1. The second kappa shape index (κ2) is 6.83. The van der Waals surface area contributed by atoms with Crippen molar-refractivity contribution in [3.8, 4) is 0 Å². The molecule has 112 valence electrons. The fraction of sp³-hybridized carbons (Fsp3) is 0.571. The van der Waals surface area contributed by atoms with Crippen molar-refractivity contribution in [2.75, 3.05) is 13.1 Å². The number of thioether (sulfide) groups is 1. The Morgan fingerprint density at radius 3 is 2.40 bits per heavy atom. The second-order valence-electron chi connectivity index (χ2n) is 5.09. The molecule has 0 spiro atoms. The molecule has 0 heterocycles. The molecule has 1 saturated carbocycles. The fourth-order valence-electron chi connectivity index (χ4n) is 2.11. The second-order valence-corrected chi connectivity index (χ2v) is 6.23. The van der Waals surface area contributed by atoms with Gasteiger partial charge in [-0.2, -0.15) is 13.2 Å². The highest BCUT2D eigenvalue weighted by molar-refractivity contribution is 8.00. The van der Waals surface area contributed by atoms with E-state index in [0.29, 0.717) is 6.54 Å².